The number of nitro benzene ring substituents is 1. The number of thiazole rings is 1. The Kier molecular flexibility index (Phi) is 3.96. The van der Waals surface area contributed by atoms with E-state index in [1.807, 2.05) is 0 Å². The molecule has 0 aliphatic heterocycles. The minimum Gasteiger partial charge on any atom is -0.374 e. The van der Waals surface area contributed by atoms with Crippen molar-refractivity contribution in [1.82, 2.24) is 4.98 Å². The molecule has 0 fully saturated rings. The maximum atomic E-state index is 13.2. The monoisotopic (exact) mass is 301 g/mol. The fourth-order valence-corrected chi connectivity index (χ4v) is 2.56. The number of hydrogen-bond donors (Lipinski definition) is 1. The standard InChI is InChI=1S/C11H9ClFN3O2S/c1-6-2-7(13)3-9(16(17)18)10(6)14-4-8-5-15-11(12)19-8/h2-3,5,14H,4H2,1H3. The summed E-state index contributed by atoms with van der Waals surface area (Å²) in [6.07, 6.45) is 1.59. The van der Waals surface area contributed by atoms with Gasteiger partial charge in [-0.05, 0) is 18.6 Å². The predicted molar refractivity (Wildman–Crippen MR) is 72.2 cm³/mol. The summed E-state index contributed by atoms with van der Waals surface area (Å²) >= 11 is 6.98. The highest BCUT2D eigenvalue weighted by atomic mass is 35.5. The van der Waals surface area contributed by atoms with Gasteiger partial charge in [0.1, 0.15) is 11.5 Å². The van der Waals surface area contributed by atoms with Crippen LogP contribution in [0.5, 0.6) is 0 Å². The van der Waals surface area contributed by atoms with Gasteiger partial charge in [-0.2, -0.15) is 0 Å². The molecule has 100 valence electrons. The van der Waals surface area contributed by atoms with Crippen LogP contribution in [0.2, 0.25) is 4.47 Å². The molecule has 0 spiro atoms. The lowest BCUT2D eigenvalue weighted by molar-refractivity contribution is -0.384. The van der Waals surface area contributed by atoms with Crippen molar-refractivity contribution in [2.24, 2.45) is 0 Å². The van der Waals surface area contributed by atoms with Crippen LogP contribution < -0.4 is 5.32 Å². The summed E-state index contributed by atoms with van der Waals surface area (Å²) in [5.74, 6) is -0.629. The van der Waals surface area contributed by atoms with Gasteiger partial charge in [0.05, 0.1) is 17.5 Å². The van der Waals surface area contributed by atoms with Crippen LogP contribution in [0.1, 0.15) is 10.4 Å². The van der Waals surface area contributed by atoms with Crippen molar-refractivity contribution in [2.45, 2.75) is 13.5 Å². The highest BCUT2D eigenvalue weighted by molar-refractivity contribution is 7.15. The zero-order chi connectivity index (χ0) is 14.0. The third-order valence-corrected chi connectivity index (χ3v) is 3.56. The molecule has 0 unspecified atom stereocenters. The molecular weight excluding hydrogens is 293 g/mol. The average molecular weight is 302 g/mol. The molecule has 1 N–H and O–H groups in total. The van der Waals surface area contributed by atoms with Gasteiger partial charge in [0.2, 0.25) is 0 Å². The van der Waals surface area contributed by atoms with Crippen LogP contribution in [0, 0.1) is 22.9 Å². The highest BCUT2D eigenvalue weighted by Crippen LogP contribution is 2.30. The molecule has 2 aromatic rings. The quantitative estimate of drug-likeness (QED) is 0.689. The molecule has 0 radical (unpaired) electrons. The SMILES string of the molecule is Cc1cc(F)cc([N+](=O)[O-])c1NCc1cnc(Cl)s1. The smallest absolute Gasteiger partial charge is 0.295 e. The van der Waals surface area contributed by atoms with Crippen molar-refractivity contribution in [3.8, 4) is 0 Å². The molecule has 1 heterocycles. The lowest BCUT2D eigenvalue weighted by Gasteiger charge is -2.09. The maximum absolute atomic E-state index is 13.2. The Hall–Kier alpha value is -1.73. The van der Waals surface area contributed by atoms with Crippen molar-refractivity contribution in [3.05, 3.63) is 49.2 Å². The summed E-state index contributed by atoms with van der Waals surface area (Å²) in [4.78, 5) is 15.0. The van der Waals surface area contributed by atoms with Crippen molar-refractivity contribution in [2.75, 3.05) is 5.32 Å². The third-order valence-electron chi connectivity index (χ3n) is 2.44. The number of rotatable bonds is 4. The van der Waals surface area contributed by atoms with Gasteiger partial charge in [0.25, 0.3) is 5.69 Å². The summed E-state index contributed by atoms with van der Waals surface area (Å²) in [5, 5.41) is 13.8. The first-order valence-corrected chi connectivity index (χ1v) is 6.45. The molecule has 0 bridgehead atoms. The Balaban J connectivity index is 2.26. The highest BCUT2D eigenvalue weighted by Gasteiger charge is 2.18. The Labute approximate surface area is 117 Å². The van der Waals surface area contributed by atoms with E-state index in [1.165, 1.54) is 17.4 Å². The van der Waals surface area contributed by atoms with Gasteiger partial charge < -0.3 is 5.32 Å². The topological polar surface area (TPSA) is 68.1 Å². The second-order valence-electron chi connectivity index (χ2n) is 3.81. The number of halogens is 2. The molecule has 0 atom stereocenters. The molecule has 1 aromatic carbocycles. The molecule has 0 saturated heterocycles. The fourth-order valence-electron chi connectivity index (χ4n) is 1.64. The van der Waals surface area contributed by atoms with E-state index in [0.717, 1.165) is 10.9 Å². The van der Waals surface area contributed by atoms with Crippen molar-refractivity contribution in [1.29, 1.82) is 0 Å². The van der Waals surface area contributed by atoms with E-state index in [0.29, 0.717) is 22.3 Å². The van der Waals surface area contributed by atoms with Crippen LogP contribution >= 0.6 is 22.9 Å². The van der Waals surface area contributed by atoms with Gasteiger partial charge in [-0.25, -0.2) is 9.37 Å². The summed E-state index contributed by atoms with van der Waals surface area (Å²) in [6.45, 7) is 1.95. The zero-order valence-corrected chi connectivity index (χ0v) is 11.4. The van der Waals surface area contributed by atoms with E-state index < -0.39 is 10.7 Å². The zero-order valence-electron chi connectivity index (χ0n) is 9.81. The van der Waals surface area contributed by atoms with Gasteiger partial charge in [0, 0.05) is 11.1 Å². The molecule has 0 amide bonds. The maximum Gasteiger partial charge on any atom is 0.295 e. The summed E-state index contributed by atoms with van der Waals surface area (Å²) in [7, 11) is 0. The molecule has 1 aromatic heterocycles. The minimum absolute atomic E-state index is 0.284. The number of hydrogen-bond acceptors (Lipinski definition) is 5. The average Bonchev–Trinajstić information content (AvgIpc) is 2.73. The lowest BCUT2D eigenvalue weighted by Crippen LogP contribution is -2.04. The first-order chi connectivity index (χ1) is 8.97. The molecule has 2 rings (SSSR count). The Morgan fingerprint density at radius 1 is 1.58 bits per heavy atom. The third kappa shape index (κ3) is 3.18. The second-order valence-corrected chi connectivity index (χ2v) is 5.50. The summed E-state index contributed by atoms with van der Waals surface area (Å²) in [6, 6.07) is 2.14. The van der Waals surface area contributed by atoms with Crippen molar-refractivity contribution >= 4 is 34.3 Å². The number of aromatic nitrogens is 1. The van der Waals surface area contributed by atoms with E-state index in [9.17, 15) is 14.5 Å². The van der Waals surface area contributed by atoms with Gasteiger partial charge >= 0.3 is 0 Å². The molecule has 0 saturated carbocycles. The first kappa shape index (κ1) is 13.7. The van der Waals surface area contributed by atoms with Crippen molar-refractivity contribution < 1.29 is 9.31 Å². The number of nitro groups is 1. The Bertz CT molecular complexity index is 632. The Morgan fingerprint density at radius 3 is 2.89 bits per heavy atom. The number of nitrogens with zero attached hydrogens (tertiary/aromatic N) is 2. The van der Waals surface area contributed by atoms with E-state index in [4.69, 9.17) is 11.6 Å². The largest absolute Gasteiger partial charge is 0.374 e. The first-order valence-electron chi connectivity index (χ1n) is 5.26. The minimum atomic E-state index is -0.629. The van der Waals surface area contributed by atoms with Gasteiger partial charge in [0.15, 0.2) is 4.47 Å². The van der Waals surface area contributed by atoms with Crippen LogP contribution in [0.15, 0.2) is 18.3 Å². The number of benzene rings is 1. The number of aryl methyl sites for hydroxylation is 1. The van der Waals surface area contributed by atoms with E-state index in [2.05, 4.69) is 10.3 Å². The lowest BCUT2D eigenvalue weighted by atomic mass is 10.1. The molecule has 5 nitrogen and oxygen atoms in total. The van der Waals surface area contributed by atoms with E-state index in [-0.39, 0.29) is 5.69 Å². The molecular formula is C11H9ClFN3O2S. The van der Waals surface area contributed by atoms with Crippen LogP contribution in [-0.4, -0.2) is 9.91 Å². The van der Waals surface area contributed by atoms with Crippen LogP contribution in [0.25, 0.3) is 0 Å². The van der Waals surface area contributed by atoms with Crippen molar-refractivity contribution in [3.63, 3.8) is 0 Å². The number of anilines is 1. The van der Waals surface area contributed by atoms with Gasteiger partial charge in [-0.1, -0.05) is 11.6 Å². The summed E-state index contributed by atoms with van der Waals surface area (Å²) in [5.41, 5.74) is 0.492. The molecule has 0 aliphatic carbocycles. The summed E-state index contributed by atoms with van der Waals surface area (Å²) < 4.78 is 13.6. The van der Waals surface area contributed by atoms with E-state index >= 15 is 0 Å². The van der Waals surface area contributed by atoms with Crippen LogP contribution in [-0.2, 0) is 6.54 Å². The Morgan fingerprint density at radius 2 is 2.32 bits per heavy atom. The van der Waals surface area contributed by atoms with Crippen LogP contribution in [0.3, 0.4) is 0 Å². The van der Waals surface area contributed by atoms with Gasteiger partial charge in [-0.15, -0.1) is 11.3 Å². The molecule has 8 heteroatoms. The van der Waals surface area contributed by atoms with Gasteiger partial charge in [-0.3, -0.25) is 10.1 Å². The fraction of sp³-hybridized carbons (Fsp3) is 0.182. The number of nitrogens with one attached hydrogen (secondary N) is 1. The predicted octanol–water partition coefficient (Wildman–Crippen LogP) is 3.76. The molecule has 0 aliphatic rings. The molecule has 19 heavy (non-hydrogen) atoms. The normalized spacial score (nSPS) is 10.5. The second kappa shape index (κ2) is 5.50. The van der Waals surface area contributed by atoms with E-state index in [1.54, 1.807) is 13.1 Å². The van der Waals surface area contributed by atoms with Crippen LogP contribution in [0.4, 0.5) is 15.8 Å².